The standard InChI is InChI=1S/C14H19NO/c1-16-13-4-2-3-12(9-13)14-7-5-11(10-14)6-8-15-14/h2-4,9,11,15H,5-8,10H2,1H3. The minimum absolute atomic E-state index is 0.247. The zero-order valence-corrected chi connectivity index (χ0v) is 9.83. The average molecular weight is 217 g/mol. The first-order valence-electron chi connectivity index (χ1n) is 6.22. The number of fused-ring (bicyclic) bond motifs is 2. The van der Waals surface area contributed by atoms with Gasteiger partial charge in [-0.05, 0) is 55.8 Å². The number of hydrogen-bond donors (Lipinski definition) is 1. The van der Waals surface area contributed by atoms with Gasteiger partial charge in [0.05, 0.1) is 7.11 Å². The van der Waals surface area contributed by atoms with Crippen LogP contribution in [0.2, 0.25) is 0 Å². The van der Waals surface area contributed by atoms with E-state index in [-0.39, 0.29) is 5.54 Å². The van der Waals surface area contributed by atoms with Crippen molar-refractivity contribution in [3.05, 3.63) is 29.8 Å². The minimum atomic E-state index is 0.247. The van der Waals surface area contributed by atoms with Gasteiger partial charge in [-0.25, -0.2) is 0 Å². The third kappa shape index (κ3) is 1.52. The molecule has 1 N–H and O–H groups in total. The van der Waals surface area contributed by atoms with Crippen LogP contribution in [0.5, 0.6) is 5.75 Å². The van der Waals surface area contributed by atoms with Crippen molar-refractivity contribution in [2.45, 2.75) is 31.2 Å². The van der Waals surface area contributed by atoms with Gasteiger partial charge in [-0.15, -0.1) is 0 Å². The number of ether oxygens (including phenoxy) is 1. The number of hydrogen-bond acceptors (Lipinski definition) is 2. The second-order valence-electron chi connectivity index (χ2n) is 5.14. The zero-order chi connectivity index (χ0) is 11.0. The van der Waals surface area contributed by atoms with Gasteiger partial charge >= 0.3 is 0 Å². The summed E-state index contributed by atoms with van der Waals surface area (Å²) in [5, 5.41) is 3.74. The number of piperidine rings is 1. The first-order valence-corrected chi connectivity index (χ1v) is 6.22. The molecule has 2 nitrogen and oxygen atoms in total. The quantitative estimate of drug-likeness (QED) is 0.822. The molecule has 0 aromatic heterocycles. The van der Waals surface area contributed by atoms with Crippen LogP contribution in [0, 0.1) is 5.92 Å². The highest BCUT2D eigenvalue weighted by Gasteiger charge is 2.42. The van der Waals surface area contributed by atoms with Crippen molar-refractivity contribution in [1.29, 1.82) is 0 Å². The molecule has 1 aromatic carbocycles. The van der Waals surface area contributed by atoms with Gasteiger partial charge in [0.25, 0.3) is 0 Å². The zero-order valence-electron chi connectivity index (χ0n) is 9.83. The first-order chi connectivity index (χ1) is 7.82. The van der Waals surface area contributed by atoms with E-state index in [0.717, 1.165) is 11.7 Å². The van der Waals surface area contributed by atoms with Crippen LogP contribution in [0.4, 0.5) is 0 Å². The number of nitrogens with one attached hydrogen (secondary N) is 1. The fraction of sp³-hybridized carbons (Fsp3) is 0.571. The molecule has 0 spiro atoms. The Bertz CT molecular complexity index is 386. The summed E-state index contributed by atoms with van der Waals surface area (Å²) in [7, 11) is 1.74. The summed E-state index contributed by atoms with van der Waals surface area (Å²) in [5.74, 6) is 1.91. The molecule has 2 heteroatoms. The van der Waals surface area contributed by atoms with Crippen LogP contribution in [0.25, 0.3) is 0 Å². The SMILES string of the molecule is COc1cccc(C23CCC(CCN2)C3)c1. The van der Waals surface area contributed by atoms with Crippen molar-refractivity contribution in [2.75, 3.05) is 13.7 Å². The van der Waals surface area contributed by atoms with Crippen LogP contribution in [0.1, 0.15) is 31.2 Å². The van der Waals surface area contributed by atoms with E-state index in [0.29, 0.717) is 0 Å². The highest BCUT2D eigenvalue weighted by molar-refractivity contribution is 5.34. The molecule has 86 valence electrons. The van der Waals surface area contributed by atoms with E-state index in [1.807, 2.05) is 6.07 Å². The van der Waals surface area contributed by atoms with Gasteiger partial charge in [-0.3, -0.25) is 0 Å². The molecule has 1 aliphatic carbocycles. The Morgan fingerprint density at radius 1 is 1.38 bits per heavy atom. The Balaban J connectivity index is 1.95. The van der Waals surface area contributed by atoms with E-state index in [1.54, 1.807) is 7.11 Å². The number of benzene rings is 1. The number of methoxy groups -OCH3 is 1. The van der Waals surface area contributed by atoms with Gasteiger partial charge in [0, 0.05) is 5.54 Å². The van der Waals surface area contributed by atoms with Crippen molar-refractivity contribution in [1.82, 2.24) is 5.32 Å². The Kier molecular flexibility index (Phi) is 2.40. The van der Waals surface area contributed by atoms with Gasteiger partial charge < -0.3 is 10.1 Å². The third-order valence-corrected chi connectivity index (χ3v) is 4.25. The summed E-state index contributed by atoms with van der Waals surface area (Å²) in [6.45, 7) is 1.17. The van der Waals surface area contributed by atoms with Crippen LogP contribution in [0.15, 0.2) is 24.3 Å². The molecule has 1 saturated heterocycles. The molecule has 1 saturated carbocycles. The smallest absolute Gasteiger partial charge is 0.119 e. The Hall–Kier alpha value is -1.02. The lowest BCUT2D eigenvalue weighted by Crippen LogP contribution is -2.43. The molecule has 2 bridgehead atoms. The van der Waals surface area contributed by atoms with E-state index in [1.165, 1.54) is 37.8 Å². The monoisotopic (exact) mass is 217 g/mol. The van der Waals surface area contributed by atoms with Crippen LogP contribution in [-0.2, 0) is 5.54 Å². The highest BCUT2D eigenvalue weighted by Crippen LogP contribution is 2.46. The highest BCUT2D eigenvalue weighted by atomic mass is 16.5. The predicted octanol–water partition coefficient (Wildman–Crippen LogP) is 2.68. The summed E-state index contributed by atoms with van der Waals surface area (Å²) in [6.07, 6.45) is 5.32. The van der Waals surface area contributed by atoms with Crippen molar-refractivity contribution in [3.63, 3.8) is 0 Å². The van der Waals surface area contributed by atoms with E-state index in [9.17, 15) is 0 Å². The molecule has 16 heavy (non-hydrogen) atoms. The van der Waals surface area contributed by atoms with Crippen molar-refractivity contribution < 1.29 is 4.74 Å². The maximum Gasteiger partial charge on any atom is 0.119 e. The molecule has 0 amide bonds. The predicted molar refractivity (Wildman–Crippen MR) is 64.6 cm³/mol. The fourth-order valence-corrected chi connectivity index (χ4v) is 3.35. The van der Waals surface area contributed by atoms with Gasteiger partial charge in [-0.2, -0.15) is 0 Å². The van der Waals surface area contributed by atoms with Gasteiger partial charge in [-0.1, -0.05) is 12.1 Å². The van der Waals surface area contributed by atoms with Crippen molar-refractivity contribution in [3.8, 4) is 5.75 Å². The van der Waals surface area contributed by atoms with Crippen LogP contribution >= 0.6 is 0 Å². The maximum absolute atomic E-state index is 5.32. The lowest BCUT2D eigenvalue weighted by Gasteiger charge is -2.35. The van der Waals surface area contributed by atoms with Crippen LogP contribution in [-0.4, -0.2) is 13.7 Å². The molecule has 2 unspecified atom stereocenters. The third-order valence-electron chi connectivity index (χ3n) is 4.25. The van der Waals surface area contributed by atoms with Gasteiger partial charge in [0.2, 0.25) is 0 Å². The lowest BCUT2D eigenvalue weighted by molar-refractivity contribution is 0.274. The Morgan fingerprint density at radius 3 is 3.19 bits per heavy atom. The molecule has 0 radical (unpaired) electrons. The molecule has 1 aromatic rings. The molecule has 2 fully saturated rings. The largest absolute Gasteiger partial charge is 0.497 e. The summed E-state index contributed by atoms with van der Waals surface area (Å²) in [4.78, 5) is 0. The van der Waals surface area contributed by atoms with E-state index < -0.39 is 0 Å². The van der Waals surface area contributed by atoms with Gasteiger partial charge in [0.15, 0.2) is 0 Å². The summed E-state index contributed by atoms with van der Waals surface area (Å²) < 4.78 is 5.32. The Labute approximate surface area is 97.0 Å². The Morgan fingerprint density at radius 2 is 2.31 bits per heavy atom. The second-order valence-corrected chi connectivity index (χ2v) is 5.14. The number of rotatable bonds is 2. The molecule has 2 aliphatic rings. The normalized spacial score (nSPS) is 32.7. The molecule has 2 atom stereocenters. The molecular formula is C14H19NO. The van der Waals surface area contributed by atoms with E-state index in [2.05, 4.69) is 23.5 Å². The summed E-state index contributed by atoms with van der Waals surface area (Å²) in [6, 6.07) is 8.56. The maximum atomic E-state index is 5.32. The minimum Gasteiger partial charge on any atom is -0.497 e. The fourth-order valence-electron chi connectivity index (χ4n) is 3.35. The van der Waals surface area contributed by atoms with E-state index >= 15 is 0 Å². The van der Waals surface area contributed by atoms with Crippen LogP contribution < -0.4 is 10.1 Å². The topological polar surface area (TPSA) is 21.3 Å². The van der Waals surface area contributed by atoms with Crippen LogP contribution in [0.3, 0.4) is 0 Å². The molecular weight excluding hydrogens is 198 g/mol. The van der Waals surface area contributed by atoms with Crippen molar-refractivity contribution in [2.24, 2.45) is 5.92 Å². The van der Waals surface area contributed by atoms with E-state index in [4.69, 9.17) is 4.74 Å². The molecule has 1 heterocycles. The summed E-state index contributed by atoms with van der Waals surface area (Å²) in [5.41, 5.74) is 1.66. The lowest BCUT2D eigenvalue weighted by atomic mass is 9.84. The van der Waals surface area contributed by atoms with Crippen molar-refractivity contribution >= 4 is 0 Å². The second kappa shape index (κ2) is 3.77. The molecule has 1 aliphatic heterocycles. The average Bonchev–Trinajstić information content (AvgIpc) is 2.66. The first kappa shape index (κ1) is 10.2. The summed E-state index contributed by atoms with van der Waals surface area (Å²) >= 11 is 0. The molecule has 3 rings (SSSR count). The van der Waals surface area contributed by atoms with Gasteiger partial charge in [0.1, 0.15) is 5.75 Å².